The highest BCUT2D eigenvalue weighted by atomic mass is 35.5. The number of sulfonamides is 1. The molecule has 6 nitrogen and oxygen atoms in total. The Balaban J connectivity index is 1.64. The van der Waals surface area contributed by atoms with Crippen LogP contribution in [0.25, 0.3) is 10.6 Å². The molecule has 0 bridgehead atoms. The number of hydrogen-bond acceptors (Lipinski definition) is 5. The lowest BCUT2D eigenvalue weighted by atomic mass is 10.2. The lowest BCUT2D eigenvalue weighted by molar-refractivity contribution is -0.115. The number of amides is 1. The summed E-state index contributed by atoms with van der Waals surface area (Å²) in [7, 11) is -0.554. The van der Waals surface area contributed by atoms with E-state index in [0.717, 1.165) is 14.9 Å². The van der Waals surface area contributed by atoms with Gasteiger partial charge in [-0.2, -0.15) is 0 Å². The predicted octanol–water partition coefficient (Wildman–Crippen LogP) is 3.90. The van der Waals surface area contributed by atoms with Crippen LogP contribution in [0, 0.1) is 0 Å². The van der Waals surface area contributed by atoms with Gasteiger partial charge in [0.1, 0.15) is 5.01 Å². The van der Waals surface area contributed by atoms with Crippen molar-refractivity contribution >= 4 is 44.6 Å². The van der Waals surface area contributed by atoms with Crippen molar-refractivity contribution in [2.75, 3.05) is 19.4 Å². The standard InChI is InChI=1S/C19H18ClN3O3S2/c1-23(2)28(25,26)17-9-7-15(8-10-17)21-18(24)11-16-12-27-19(22-16)13-3-5-14(20)6-4-13/h3-10,12H,11H2,1-2H3,(H,21,24). The number of rotatable bonds is 6. The minimum atomic E-state index is -3.49. The van der Waals surface area contributed by atoms with Crippen molar-refractivity contribution in [3.05, 3.63) is 64.6 Å². The number of hydrogen-bond donors (Lipinski definition) is 1. The Hall–Kier alpha value is -2.26. The van der Waals surface area contributed by atoms with Gasteiger partial charge in [-0.05, 0) is 36.4 Å². The quantitative estimate of drug-likeness (QED) is 0.636. The SMILES string of the molecule is CN(C)S(=O)(=O)c1ccc(NC(=O)Cc2csc(-c3ccc(Cl)cc3)n2)cc1. The predicted molar refractivity (Wildman–Crippen MR) is 112 cm³/mol. The van der Waals surface area contributed by atoms with Gasteiger partial charge in [0.15, 0.2) is 0 Å². The molecule has 0 aliphatic carbocycles. The Labute approximate surface area is 172 Å². The zero-order chi connectivity index (χ0) is 20.3. The molecule has 1 aromatic heterocycles. The second kappa shape index (κ2) is 8.40. The Morgan fingerprint density at radius 3 is 2.36 bits per heavy atom. The first-order valence-electron chi connectivity index (χ1n) is 8.28. The van der Waals surface area contributed by atoms with Crippen LogP contribution in [0.2, 0.25) is 5.02 Å². The highest BCUT2D eigenvalue weighted by molar-refractivity contribution is 7.89. The number of halogens is 1. The van der Waals surface area contributed by atoms with Crippen molar-refractivity contribution in [1.82, 2.24) is 9.29 Å². The van der Waals surface area contributed by atoms with Crippen LogP contribution in [-0.4, -0.2) is 37.7 Å². The van der Waals surface area contributed by atoms with E-state index >= 15 is 0 Å². The zero-order valence-corrected chi connectivity index (χ0v) is 17.6. The molecular weight excluding hydrogens is 418 g/mol. The summed E-state index contributed by atoms with van der Waals surface area (Å²) in [6, 6.07) is 13.4. The zero-order valence-electron chi connectivity index (χ0n) is 15.2. The highest BCUT2D eigenvalue weighted by Gasteiger charge is 2.17. The third-order valence-corrected chi connectivity index (χ3v) is 6.92. The molecule has 0 saturated heterocycles. The third-order valence-electron chi connectivity index (χ3n) is 3.90. The van der Waals surface area contributed by atoms with Gasteiger partial charge in [-0.3, -0.25) is 4.79 Å². The number of benzene rings is 2. The van der Waals surface area contributed by atoms with E-state index < -0.39 is 10.0 Å². The van der Waals surface area contributed by atoms with Gasteiger partial charge in [-0.25, -0.2) is 17.7 Å². The third kappa shape index (κ3) is 4.77. The Morgan fingerprint density at radius 1 is 1.11 bits per heavy atom. The molecular formula is C19H18ClN3O3S2. The average Bonchev–Trinajstić information content (AvgIpc) is 3.11. The number of carbonyl (C=O) groups excluding carboxylic acids is 1. The van der Waals surface area contributed by atoms with Gasteiger partial charge in [0, 0.05) is 35.7 Å². The Morgan fingerprint density at radius 2 is 1.75 bits per heavy atom. The minimum absolute atomic E-state index is 0.127. The van der Waals surface area contributed by atoms with E-state index in [1.54, 1.807) is 24.3 Å². The van der Waals surface area contributed by atoms with E-state index in [-0.39, 0.29) is 17.2 Å². The lowest BCUT2D eigenvalue weighted by Crippen LogP contribution is -2.22. The fraction of sp³-hybridized carbons (Fsp3) is 0.158. The molecule has 0 radical (unpaired) electrons. The van der Waals surface area contributed by atoms with E-state index in [4.69, 9.17) is 11.6 Å². The van der Waals surface area contributed by atoms with Gasteiger partial charge in [0.25, 0.3) is 0 Å². The maximum Gasteiger partial charge on any atom is 0.242 e. The van der Waals surface area contributed by atoms with Crippen molar-refractivity contribution in [3.8, 4) is 10.6 Å². The molecule has 0 aliphatic heterocycles. The molecule has 1 amide bonds. The summed E-state index contributed by atoms with van der Waals surface area (Å²) >= 11 is 7.35. The van der Waals surface area contributed by atoms with Crippen molar-refractivity contribution < 1.29 is 13.2 Å². The van der Waals surface area contributed by atoms with Gasteiger partial charge in [-0.15, -0.1) is 11.3 Å². The second-order valence-corrected chi connectivity index (χ2v) is 9.63. The van der Waals surface area contributed by atoms with Crippen molar-refractivity contribution in [1.29, 1.82) is 0 Å². The molecule has 0 atom stereocenters. The number of nitrogens with one attached hydrogen (secondary N) is 1. The molecule has 3 aromatic rings. The molecule has 0 aliphatic rings. The molecule has 1 heterocycles. The van der Waals surface area contributed by atoms with Crippen LogP contribution in [0.15, 0.2) is 58.8 Å². The molecule has 0 spiro atoms. The highest BCUT2D eigenvalue weighted by Crippen LogP contribution is 2.25. The number of nitrogens with zero attached hydrogens (tertiary/aromatic N) is 2. The van der Waals surface area contributed by atoms with Crippen molar-refractivity contribution in [2.45, 2.75) is 11.3 Å². The van der Waals surface area contributed by atoms with Crippen molar-refractivity contribution in [2.24, 2.45) is 0 Å². The summed E-state index contributed by atoms with van der Waals surface area (Å²) in [4.78, 5) is 16.9. The molecule has 9 heteroatoms. The van der Waals surface area contributed by atoms with E-state index in [9.17, 15) is 13.2 Å². The largest absolute Gasteiger partial charge is 0.326 e. The fourth-order valence-electron chi connectivity index (χ4n) is 2.40. The van der Waals surface area contributed by atoms with Crippen LogP contribution < -0.4 is 5.32 Å². The number of aromatic nitrogens is 1. The lowest BCUT2D eigenvalue weighted by Gasteiger charge is -2.11. The van der Waals surface area contributed by atoms with Crippen LogP contribution in [0.5, 0.6) is 0 Å². The van der Waals surface area contributed by atoms with E-state index in [1.807, 2.05) is 17.5 Å². The summed E-state index contributed by atoms with van der Waals surface area (Å²) in [5.41, 5.74) is 2.13. The van der Waals surface area contributed by atoms with E-state index in [1.165, 1.54) is 37.6 Å². The van der Waals surface area contributed by atoms with Crippen LogP contribution in [-0.2, 0) is 21.2 Å². The van der Waals surface area contributed by atoms with Gasteiger partial charge >= 0.3 is 0 Å². The van der Waals surface area contributed by atoms with Gasteiger partial charge in [0.05, 0.1) is 17.0 Å². The molecule has 0 saturated carbocycles. The summed E-state index contributed by atoms with van der Waals surface area (Å²) in [6.45, 7) is 0. The molecule has 3 rings (SSSR count). The maximum absolute atomic E-state index is 12.3. The Bertz CT molecular complexity index is 1080. The van der Waals surface area contributed by atoms with Gasteiger partial charge in [-0.1, -0.05) is 23.7 Å². The van der Waals surface area contributed by atoms with Crippen LogP contribution >= 0.6 is 22.9 Å². The molecule has 0 fully saturated rings. The fourth-order valence-corrected chi connectivity index (χ4v) is 4.26. The van der Waals surface area contributed by atoms with Crippen molar-refractivity contribution in [3.63, 3.8) is 0 Å². The maximum atomic E-state index is 12.3. The van der Waals surface area contributed by atoms with E-state index in [0.29, 0.717) is 16.4 Å². The molecule has 0 unspecified atom stereocenters. The van der Waals surface area contributed by atoms with Crippen LogP contribution in [0.1, 0.15) is 5.69 Å². The normalized spacial score (nSPS) is 11.6. The molecule has 28 heavy (non-hydrogen) atoms. The van der Waals surface area contributed by atoms with Crippen LogP contribution in [0.4, 0.5) is 5.69 Å². The Kier molecular flexibility index (Phi) is 6.14. The molecule has 146 valence electrons. The first-order valence-corrected chi connectivity index (χ1v) is 11.0. The first-order chi connectivity index (χ1) is 13.3. The summed E-state index contributed by atoms with van der Waals surface area (Å²) in [5, 5.41) is 6.07. The average molecular weight is 436 g/mol. The molecule has 2 aromatic carbocycles. The molecule has 1 N–H and O–H groups in total. The minimum Gasteiger partial charge on any atom is -0.326 e. The van der Waals surface area contributed by atoms with E-state index in [2.05, 4.69) is 10.3 Å². The number of carbonyl (C=O) groups is 1. The number of anilines is 1. The van der Waals surface area contributed by atoms with Crippen LogP contribution in [0.3, 0.4) is 0 Å². The second-order valence-electron chi connectivity index (χ2n) is 6.19. The van der Waals surface area contributed by atoms with Gasteiger partial charge < -0.3 is 5.32 Å². The monoisotopic (exact) mass is 435 g/mol. The number of thiazole rings is 1. The summed E-state index contributed by atoms with van der Waals surface area (Å²) in [6.07, 6.45) is 0.127. The smallest absolute Gasteiger partial charge is 0.242 e. The summed E-state index contributed by atoms with van der Waals surface area (Å²) < 4.78 is 25.3. The topological polar surface area (TPSA) is 79.4 Å². The summed E-state index contributed by atoms with van der Waals surface area (Å²) in [5.74, 6) is -0.226. The first kappa shape index (κ1) is 20.5. The van der Waals surface area contributed by atoms with Gasteiger partial charge in [0.2, 0.25) is 15.9 Å².